The Kier molecular flexibility index (Phi) is 4.98. The Hall–Kier alpha value is -2.05. The lowest BCUT2D eigenvalue weighted by molar-refractivity contribution is -0.387. The van der Waals surface area contributed by atoms with Crippen molar-refractivity contribution in [1.29, 1.82) is 5.26 Å². The summed E-state index contributed by atoms with van der Waals surface area (Å²) in [6.45, 7) is 3.29. The molecule has 9 heteroatoms. The van der Waals surface area contributed by atoms with Crippen molar-refractivity contribution in [3.8, 4) is 6.07 Å². The third-order valence-corrected chi connectivity index (χ3v) is 4.71. The van der Waals surface area contributed by atoms with Gasteiger partial charge in [0, 0.05) is 12.1 Å². The molecule has 7 nitrogen and oxygen atoms in total. The summed E-state index contributed by atoms with van der Waals surface area (Å²) >= 11 is 0. The molecule has 0 bridgehead atoms. The maximum atomic E-state index is 13.5. The number of nitro groups is 1. The lowest BCUT2D eigenvalue weighted by Gasteiger charge is -2.24. The fourth-order valence-corrected chi connectivity index (χ4v) is 3.17. The fourth-order valence-electron chi connectivity index (χ4n) is 1.69. The van der Waals surface area contributed by atoms with Crippen LogP contribution in [0.3, 0.4) is 0 Å². The molecule has 0 aliphatic rings. The number of nitriles is 1. The van der Waals surface area contributed by atoms with Crippen molar-refractivity contribution in [2.45, 2.75) is 37.1 Å². The van der Waals surface area contributed by atoms with Gasteiger partial charge in [0.15, 0.2) is 0 Å². The number of nitrogens with one attached hydrogen (secondary N) is 1. The first-order valence-electron chi connectivity index (χ1n) is 6.10. The summed E-state index contributed by atoms with van der Waals surface area (Å²) in [6, 6.07) is 4.16. The predicted molar refractivity (Wildman–Crippen MR) is 72.3 cm³/mol. The molecule has 0 aliphatic carbocycles. The Morgan fingerprint density at radius 2 is 2.00 bits per heavy atom. The predicted octanol–water partition coefficient (Wildman–Crippen LogP) is 2.09. The van der Waals surface area contributed by atoms with Gasteiger partial charge in [0.05, 0.1) is 15.9 Å². The van der Waals surface area contributed by atoms with Crippen molar-refractivity contribution in [2.75, 3.05) is 0 Å². The molecular weight excluding hydrogens is 301 g/mol. The summed E-state index contributed by atoms with van der Waals surface area (Å²) in [4.78, 5) is 9.09. The maximum absolute atomic E-state index is 13.5. The van der Waals surface area contributed by atoms with E-state index in [4.69, 9.17) is 5.26 Å². The summed E-state index contributed by atoms with van der Waals surface area (Å²) in [5, 5.41) is 19.6. The molecule has 0 spiro atoms. The van der Waals surface area contributed by atoms with E-state index in [0.29, 0.717) is 6.07 Å². The van der Waals surface area contributed by atoms with Gasteiger partial charge < -0.3 is 0 Å². The van der Waals surface area contributed by atoms with Gasteiger partial charge in [-0.2, -0.15) is 14.4 Å². The summed E-state index contributed by atoms with van der Waals surface area (Å²) in [5.74, 6) is -1.25. The second-order valence-electron chi connectivity index (χ2n) is 4.38. The highest BCUT2D eigenvalue weighted by molar-refractivity contribution is 7.89. The first-order chi connectivity index (χ1) is 9.71. The zero-order valence-corrected chi connectivity index (χ0v) is 12.3. The highest BCUT2D eigenvalue weighted by Gasteiger charge is 2.32. The average molecular weight is 315 g/mol. The Labute approximate surface area is 121 Å². The minimum absolute atomic E-state index is 0.231. The third-order valence-electron chi connectivity index (χ3n) is 3.18. The van der Waals surface area contributed by atoms with Gasteiger partial charge in [0.2, 0.25) is 15.8 Å². The van der Waals surface area contributed by atoms with Gasteiger partial charge in [0.25, 0.3) is 0 Å². The molecule has 0 atom stereocenters. The number of hydrogen-bond donors (Lipinski definition) is 1. The average Bonchev–Trinajstić information content (AvgIpc) is 2.44. The lowest BCUT2D eigenvalue weighted by atomic mass is 9.97. The van der Waals surface area contributed by atoms with Crippen LogP contribution in [0.4, 0.5) is 10.1 Å². The lowest BCUT2D eigenvalue weighted by Crippen LogP contribution is -2.46. The summed E-state index contributed by atoms with van der Waals surface area (Å²) < 4.78 is 40.1. The SMILES string of the molecule is CCC(C#N)(CC)NS(=O)(=O)c1ccc([N+](=O)[O-])c(F)c1. The summed E-state index contributed by atoms with van der Waals surface area (Å²) in [6.07, 6.45) is 0.462. The monoisotopic (exact) mass is 315 g/mol. The number of sulfonamides is 1. The number of nitrogens with zero attached hydrogens (tertiary/aromatic N) is 2. The number of nitro benzene ring substituents is 1. The van der Waals surface area contributed by atoms with Crippen LogP contribution in [-0.4, -0.2) is 18.9 Å². The van der Waals surface area contributed by atoms with Gasteiger partial charge in [-0.05, 0) is 18.9 Å². The van der Waals surface area contributed by atoms with Crippen molar-refractivity contribution < 1.29 is 17.7 Å². The smallest absolute Gasteiger partial charge is 0.258 e. The minimum Gasteiger partial charge on any atom is -0.258 e. The van der Waals surface area contributed by atoms with Crippen LogP contribution in [0.25, 0.3) is 0 Å². The standard InChI is InChI=1S/C12H14FN3O4S/c1-3-12(4-2,8-14)15-21(19,20)9-5-6-11(16(17)18)10(13)7-9/h5-7,15H,3-4H2,1-2H3. The highest BCUT2D eigenvalue weighted by atomic mass is 32.2. The molecule has 0 fully saturated rings. The summed E-state index contributed by atoms with van der Waals surface area (Å²) in [7, 11) is -4.15. The van der Waals surface area contributed by atoms with Crippen LogP contribution in [0, 0.1) is 27.3 Å². The molecule has 1 aromatic rings. The second kappa shape index (κ2) is 6.15. The van der Waals surface area contributed by atoms with Crippen molar-refractivity contribution in [3.05, 3.63) is 34.1 Å². The molecule has 0 saturated heterocycles. The molecule has 0 radical (unpaired) electrons. The Balaban J connectivity index is 3.24. The van der Waals surface area contributed by atoms with E-state index in [-0.39, 0.29) is 12.8 Å². The van der Waals surface area contributed by atoms with Gasteiger partial charge in [-0.1, -0.05) is 13.8 Å². The van der Waals surface area contributed by atoms with E-state index < -0.39 is 36.9 Å². The molecule has 1 aromatic carbocycles. The molecule has 0 amide bonds. The van der Waals surface area contributed by atoms with Crippen LogP contribution >= 0.6 is 0 Å². The van der Waals surface area contributed by atoms with Gasteiger partial charge in [-0.25, -0.2) is 8.42 Å². The Morgan fingerprint density at radius 3 is 2.38 bits per heavy atom. The van der Waals surface area contributed by atoms with E-state index in [0.717, 1.165) is 12.1 Å². The molecule has 1 rings (SSSR count). The van der Waals surface area contributed by atoms with E-state index in [1.165, 1.54) is 0 Å². The molecule has 0 unspecified atom stereocenters. The van der Waals surface area contributed by atoms with E-state index in [1.54, 1.807) is 13.8 Å². The first-order valence-corrected chi connectivity index (χ1v) is 7.59. The van der Waals surface area contributed by atoms with Crippen molar-refractivity contribution in [2.24, 2.45) is 0 Å². The molecule has 0 aromatic heterocycles. The molecule has 0 aliphatic heterocycles. The van der Waals surface area contributed by atoms with Gasteiger partial charge in [-0.15, -0.1) is 0 Å². The van der Waals surface area contributed by atoms with Crippen LogP contribution in [0.15, 0.2) is 23.1 Å². The van der Waals surface area contributed by atoms with Crippen LogP contribution < -0.4 is 4.72 Å². The summed E-state index contributed by atoms with van der Waals surface area (Å²) in [5.41, 5.74) is -2.11. The number of hydrogen-bond acceptors (Lipinski definition) is 5. The Morgan fingerprint density at radius 1 is 1.43 bits per heavy atom. The maximum Gasteiger partial charge on any atom is 0.304 e. The van der Waals surface area contributed by atoms with Crippen molar-refractivity contribution in [1.82, 2.24) is 4.72 Å². The Bertz CT molecular complexity index is 693. The number of rotatable bonds is 6. The molecule has 1 N–H and O–H groups in total. The normalized spacial score (nSPS) is 11.9. The first kappa shape index (κ1) is 17.0. The minimum atomic E-state index is -4.15. The zero-order chi connectivity index (χ0) is 16.3. The van der Waals surface area contributed by atoms with Crippen LogP contribution in [0.1, 0.15) is 26.7 Å². The van der Waals surface area contributed by atoms with Gasteiger partial charge >= 0.3 is 5.69 Å². The van der Waals surface area contributed by atoms with E-state index in [2.05, 4.69) is 4.72 Å². The third kappa shape index (κ3) is 3.53. The van der Waals surface area contributed by atoms with Crippen LogP contribution in [0.2, 0.25) is 0 Å². The number of halogens is 1. The molecular formula is C12H14FN3O4S. The molecule has 0 heterocycles. The highest BCUT2D eigenvalue weighted by Crippen LogP contribution is 2.23. The molecule has 21 heavy (non-hydrogen) atoms. The molecule has 114 valence electrons. The van der Waals surface area contributed by atoms with E-state index >= 15 is 0 Å². The van der Waals surface area contributed by atoms with Crippen molar-refractivity contribution in [3.63, 3.8) is 0 Å². The van der Waals surface area contributed by atoms with Gasteiger partial charge in [-0.3, -0.25) is 10.1 Å². The van der Waals surface area contributed by atoms with Gasteiger partial charge in [0.1, 0.15) is 5.54 Å². The number of benzene rings is 1. The molecule has 0 saturated carbocycles. The van der Waals surface area contributed by atoms with Crippen molar-refractivity contribution >= 4 is 15.7 Å². The van der Waals surface area contributed by atoms with E-state index in [1.807, 2.05) is 6.07 Å². The largest absolute Gasteiger partial charge is 0.304 e. The van der Waals surface area contributed by atoms with Crippen LogP contribution in [-0.2, 0) is 10.0 Å². The topological polar surface area (TPSA) is 113 Å². The second-order valence-corrected chi connectivity index (χ2v) is 6.06. The zero-order valence-electron chi connectivity index (χ0n) is 11.5. The van der Waals surface area contributed by atoms with Crippen LogP contribution in [0.5, 0.6) is 0 Å². The van der Waals surface area contributed by atoms with E-state index in [9.17, 15) is 22.9 Å². The quantitative estimate of drug-likeness (QED) is 0.638. The fraction of sp³-hybridized carbons (Fsp3) is 0.417.